The first-order chi connectivity index (χ1) is 18.1. The number of fused-ring (bicyclic) bond motifs is 5. The highest BCUT2D eigenvalue weighted by molar-refractivity contribution is 5.94. The monoisotopic (exact) mass is 548 g/mol. The molecule has 0 amide bonds. The molecule has 3 fully saturated rings. The highest BCUT2D eigenvalue weighted by Crippen LogP contribution is 2.70. The van der Waals surface area contributed by atoms with E-state index < -0.39 is 65.6 Å². The van der Waals surface area contributed by atoms with E-state index in [9.17, 15) is 40.2 Å². The average Bonchev–Trinajstić information content (AvgIpc) is 3.07. The van der Waals surface area contributed by atoms with Crippen molar-refractivity contribution in [3.8, 4) is 11.5 Å². The van der Waals surface area contributed by atoms with Gasteiger partial charge in [0.1, 0.15) is 36.0 Å². The molecule has 216 valence electrons. The third kappa shape index (κ3) is 3.68. The van der Waals surface area contributed by atoms with E-state index in [-0.39, 0.29) is 35.4 Å². The summed E-state index contributed by atoms with van der Waals surface area (Å²) in [6, 6.07) is 1.59. The number of hydrogen-bond acceptors (Lipinski definition) is 10. The number of phenolic OH excluding ortho intramolecular Hbond substituents is 1. The topological polar surface area (TPSA) is 174 Å². The lowest BCUT2D eigenvalue weighted by atomic mass is 9.42. The van der Waals surface area contributed by atoms with Crippen LogP contribution in [0, 0.1) is 29.6 Å². The molecule has 10 heteroatoms. The molecule has 0 bridgehead atoms. The number of rotatable bonds is 4. The normalized spacial score (nSPS) is 45.3. The van der Waals surface area contributed by atoms with Crippen molar-refractivity contribution in [2.24, 2.45) is 22.7 Å². The summed E-state index contributed by atoms with van der Waals surface area (Å²) in [4.78, 5) is 26.8. The smallest absolute Gasteiger partial charge is 0.229 e. The molecule has 4 aliphatic rings. The lowest BCUT2D eigenvalue weighted by Crippen LogP contribution is -2.61. The molecular weight excluding hydrogens is 508 g/mol. The SMILES string of the molecule is CC(=O)C1C(O)CC2(C)C3CCc4c(cc(OC5OC(CO)C(O)C(O)C5O)c(O)c4C)C3(C)C(=O)CC12C. The Kier molecular flexibility index (Phi) is 6.73. The second-order valence-electron chi connectivity index (χ2n) is 12.8. The fourth-order valence-corrected chi connectivity index (χ4v) is 8.70. The van der Waals surface area contributed by atoms with Crippen LogP contribution < -0.4 is 4.74 Å². The summed E-state index contributed by atoms with van der Waals surface area (Å²) in [6.45, 7) is 8.51. The first-order valence-corrected chi connectivity index (χ1v) is 13.7. The van der Waals surface area contributed by atoms with E-state index >= 15 is 0 Å². The van der Waals surface area contributed by atoms with E-state index in [0.717, 1.165) is 5.56 Å². The molecule has 1 aromatic rings. The van der Waals surface area contributed by atoms with Gasteiger partial charge in [0.05, 0.1) is 18.1 Å². The Morgan fingerprint density at radius 2 is 1.77 bits per heavy atom. The Morgan fingerprint density at radius 1 is 1.10 bits per heavy atom. The first-order valence-electron chi connectivity index (χ1n) is 13.7. The number of Topliss-reactive ketones (excluding diaryl/α,β-unsaturated/α-hetero) is 2. The number of aromatic hydroxyl groups is 1. The van der Waals surface area contributed by atoms with Crippen LogP contribution in [0.25, 0.3) is 0 Å². The lowest BCUT2D eigenvalue weighted by Gasteiger charge is -2.60. The van der Waals surface area contributed by atoms with Crippen molar-refractivity contribution >= 4 is 11.6 Å². The van der Waals surface area contributed by atoms with Crippen LogP contribution in [0.1, 0.15) is 63.6 Å². The van der Waals surface area contributed by atoms with Gasteiger partial charge in [-0.1, -0.05) is 13.8 Å². The molecule has 0 spiro atoms. The van der Waals surface area contributed by atoms with E-state index in [0.29, 0.717) is 30.4 Å². The maximum atomic E-state index is 14.1. The minimum Gasteiger partial charge on any atom is -0.504 e. The van der Waals surface area contributed by atoms with Crippen LogP contribution in [0.5, 0.6) is 11.5 Å². The number of aliphatic hydroxyl groups excluding tert-OH is 5. The molecule has 2 saturated carbocycles. The largest absolute Gasteiger partial charge is 0.504 e. The van der Waals surface area contributed by atoms with Gasteiger partial charge in [-0.2, -0.15) is 0 Å². The van der Waals surface area contributed by atoms with E-state index in [1.807, 2.05) is 13.8 Å². The number of ether oxygens (including phenoxy) is 2. The van der Waals surface area contributed by atoms with Crippen LogP contribution in [0.2, 0.25) is 0 Å². The molecule has 11 unspecified atom stereocenters. The van der Waals surface area contributed by atoms with E-state index in [2.05, 4.69) is 6.92 Å². The van der Waals surface area contributed by atoms with Gasteiger partial charge in [0.2, 0.25) is 6.29 Å². The number of benzene rings is 1. The predicted octanol–water partition coefficient (Wildman–Crippen LogP) is 0.655. The maximum absolute atomic E-state index is 14.1. The number of carbonyl (C=O) groups is 2. The Balaban J connectivity index is 1.58. The minimum atomic E-state index is -1.67. The van der Waals surface area contributed by atoms with Crippen LogP contribution in [-0.2, 0) is 26.2 Å². The van der Waals surface area contributed by atoms with E-state index in [4.69, 9.17) is 9.47 Å². The summed E-state index contributed by atoms with van der Waals surface area (Å²) >= 11 is 0. The second kappa shape index (κ2) is 9.22. The van der Waals surface area contributed by atoms with Crippen molar-refractivity contribution in [2.75, 3.05) is 6.61 Å². The number of ketones is 2. The van der Waals surface area contributed by atoms with Gasteiger partial charge in [0.25, 0.3) is 0 Å². The zero-order valence-electron chi connectivity index (χ0n) is 23.0. The van der Waals surface area contributed by atoms with Gasteiger partial charge in [0.15, 0.2) is 11.5 Å². The molecule has 1 aliphatic heterocycles. The van der Waals surface area contributed by atoms with Crippen LogP contribution in [-0.4, -0.2) is 85.6 Å². The van der Waals surface area contributed by atoms with Crippen molar-refractivity contribution in [3.63, 3.8) is 0 Å². The molecule has 10 nitrogen and oxygen atoms in total. The second-order valence-corrected chi connectivity index (χ2v) is 12.8. The molecule has 5 rings (SSSR count). The third-order valence-corrected chi connectivity index (χ3v) is 11.0. The van der Waals surface area contributed by atoms with Crippen molar-refractivity contribution in [3.05, 3.63) is 22.8 Å². The zero-order valence-corrected chi connectivity index (χ0v) is 23.0. The number of aliphatic hydroxyl groups is 5. The Labute approximate surface area is 227 Å². The lowest BCUT2D eigenvalue weighted by molar-refractivity contribution is -0.277. The molecule has 1 aromatic carbocycles. The van der Waals surface area contributed by atoms with Crippen molar-refractivity contribution in [2.45, 2.75) is 103 Å². The first kappa shape index (κ1) is 28.4. The van der Waals surface area contributed by atoms with Gasteiger partial charge in [-0.15, -0.1) is 0 Å². The molecule has 3 aliphatic carbocycles. The van der Waals surface area contributed by atoms with Crippen LogP contribution in [0.15, 0.2) is 6.07 Å². The third-order valence-electron chi connectivity index (χ3n) is 11.0. The van der Waals surface area contributed by atoms with Gasteiger partial charge in [-0.3, -0.25) is 9.59 Å². The molecule has 39 heavy (non-hydrogen) atoms. The van der Waals surface area contributed by atoms with Crippen LogP contribution in [0.4, 0.5) is 0 Å². The van der Waals surface area contributed by atoms with Gasteiger partial charge in [-0.05, 0) is 79.5 Å². The summed E-state index contributed by atoms with van der Waals surface area (Å²) in [5, 5.41) is 62.4. The van der Waals surface area contributed by atoms with Gasteiger partial charge in [-0.25, -0.2) is 0 Å². The van der Waals surface area contributed by atoms with Gasteiger partial charge < -0.3 is 40.1 Å². The minimum absolute atomic E-state index is 0.0438. The summed E-state index contributed by atoms with van der Waals surface area (Å²) in [5.41, 5.74) is -0.159. The summed E-state index contributed by atoms with van der Waals surface area (Å²) in [6.07, 6.45) is -6.63. The number of phenols is 1. The van der Waals surface area contributed by atoms with Gasteiger partial charge >= 0.3 is 0 Å². The fourth-order valence-electron chi connectivity index (χ4n) is 8.70. The maximum Gasteiger partial charge on any atom is 0.229 e. The highest BCUT2D eigenvalue weighted by Gasteiger charge is 2.71. The van der Waals surface area contributed by atoms with Crippen LogP contribution >= 0.6 is 0 Å². The summed E-state index contributed by atoms with van der Waals surface area (Å²) in [7, 11) is 0. The summed E-state index contributed by atoms with van der Waals surface area (Å²) in [5.74, 6) is -1.22. The molecule has 0 radical (unpaired) electrons. The summed E-state index contributed by atoms with van der Waals surface area (Å²) < 4.78 is 11.3. The molecule has 11 atom stereocenters. The van der Waals surface area contributed by atoms with Gasteiger partial charge in [0, 0.05) is 12.3 Å². The van der Waals surface area contributed by atoms with E-state index in [1.54, 1.807) is 13.0 Å². The average molecular weight is 549 g/mol. The molecule has 1 heterocycles. The fraction of sp³-hybridized carbons (Fsp3) is 0.724. The van der Waals surface area contributed by atoms with Crippen molar-refractivity contribution in [1.82, 2.24) is 0 Å². The molecule has 1 saturated heterocycles. The Hall–Kier alpha value is -2.08. The molecule has 6 N–H and O–H groups in total. The standard InChI is InChI=1S/C29H40O10/c1-12-14-6-7-19-27(3)9-16(32)21(13(2)31)28(27,4)10-20(33)29(19,5)15(14)8-17(22(12)34)38-26-25(37)24(36)23(35)18(11-30)39-26/h8,16,18-19,21,23-26,30,32,34-37H,6-7,9-11H2,1-5H3. The Morgan fingerprint density at radius 3 is 2.38 bits per heavy atom. The quantitative estimate of drug-likeness (QED) is 0.314. The number of hydrogen-bond donors (Lipinski definition) is 6. The molecular formula is C29H40O10. The highest BCUT2D eigenvalue weighted by atomic mass is 16.7. The van der Waals surface area contributed by atoms with Crippen LogP contribution in [0.3, 0.4) is 0 Å². The van der Waals surface area contributed by atoms with Crippen molar-refractivity contribution in [1.29, 1.82) is 0 Å². The zero-order chi connectivity index (χ0) is 28.8. The van der Waals surface area contributed by atoms with Crippen molar-refractivity contribution < 1.29 is 49.7 Å². The predicted molar refractivity (Wildman–Crippen MR) is 137 cm³/mol. The number of carbonyl (C=O) groups excluding carboxylic acids is 2. The molecule has 0 aromatic heterocycles. The Bertz CT molecular complexity index is 1200. The van der Waals surface area contributed by atoms with E-state index in [1.165, 1.54) is 6.92 Å².